The lowest BCUT2D eigenvalue weighted by Gasteiger charge is -2.40. The Morgan fingerprint density at radius 2 is 1.90 bits per heavy atom. The Balaban J connectivity index is 2.92. The maximum absolute atomic E-state index is 12.9. The lowest BCUT2D eigenvalue weighted by atomic mass is 9.69. The molecule has 174 valence electrons. The van der Waals surface area contributed by atoms with Crippen LogP contribution in [-0.2, 0) is 19.4 Å². The zero-order valence-corrected chi connectivity index (χ0v) is 21.3. The minimum absolute atomic E-state index is 0.0481. The molecule has 0 bridgehead atoms. The number of rotatable bonds is 11. The van der Waals surface area contributed by atoms with Gasteiger partial charge < -0.3 is 4.74 Å². The molecule has 3 unspecified atom stereocenters. The van der Waals surface area contributed by atoms with Crippen molar-refractivity contribution in [3.05, 3.63) is 22.8 Å². The average Bonchev–Trinajstić information content (AvgIpc) is 2.59. The van der Waals surface area contributed by atoms with Crippen molar-refractivity contribution in [2.45, 2.75) is 98.7 Å². The van der Waals surface area contributed by atoms with E-state index in [4.69, 9.17) is 4.74 Å². The molecule has 0 amide bonds. The largest absolute Gasteiger partial charge is 0.462 e. The summed E-state index contributed by atoms with van der Waals surface area (Å²) in [5.41, 5.74) is 3.63. The van der Waals surface area contributed by atoms with Crippen molar-refractivity contribution in [3.63, 3.8) is 0 Å². The van der Waals surface area contributed by atoms with Crippen LogP contribution >= 0.6 is 0 Å². The average molecular weight is 441 g/mol. The Labute approximate surface area is 185 Å². The molecule has 0 heterocycles. The van der Waals surface area contributed by atoms with E-state index in [1.807, 2.05) is 6.08 Å². The number of esters is 1. The van der Waals surface area contributed by atoms with Gasteiger partial charge in [-0.3, -0.25) is 4.79 Å². The van der Waals surface area contributed by atoms with E-state index < -0.39 is 9.84 Å². The van der Waals surface area contributed by atoms with Crippen molar-refractivity contribution < 1.29 is 17.9 Å². The van der Waals surface area contributed by atoms with Gasteiger partial charge in [0.15, 0.2) is 9.84 Å². The highest BCUT2D eigenvalue weighted by atomic mass is 32.2. The first-order valence-corrected chi connectivity index (χ1v) is 13.4. The number of sulfone groups is 1. The Hall–Kier alpha value is -1.10. The van der Waals surface area contributed by atoms with E-state index in [-0.39, 0.29) is 16.6 Å². The highest BCUT2D eigenvalue weighted by Gasteiger charge is 2.39. The molecule has 0 saturated carbocycles. The molecule has 1 aliphatic carbocycles. The van der Waals surface area contributed by atoms with Crippen LogP contribution in [0.4, 0.5) is 0 Å². The predicted octanol–water partition coefficient (Wildman–Crippen LogP) is 6.27. The summed E-state index contributed by atoms with van der Waals surface area (Å²) in [6.45, 7) is 14.8. The Morgan fingerprint density at radius 3 is 2.40 bits per heavy atom. The Bertz CT molecular complexity index is 743. The van der Waals surface area contributed by atoms with Crippen molar-refractivity contribution in [3.8, 4) is 0 Å². The minimum atomic E-state index is -3.17. The quantitative estimate of drug-likeness (QED) is 0.281. The van der Waals surface area contributed by atoms with Crippen molar-refractivity contribution in [2.75, 3.05) is 12.9 Å². The zero-order valence-electron chi connectivity index (χ0n) is 20.5. The fourth-order valence-corrected chi connectivity index (χ4v) is 6.70. The molecular formula is C25H44O4S. The number of allylic oxidation sites excluding steroid dienone is 2. The van der Waals surface area contributed by atoms with Crippen LogP contribution < -0.4 is 0 Å². The van der Waals surface area contributed by atoms with Gasteiger partial charge in [-0.05, 0) is 81.3 Å². The van der Waals surface area contributed by atoms with E-state index in [0.29, 0.717) is 24.9 Å². The van der Waals surface area contributed by atoms with Gasteiger partial charge in [0.05, 0.1) is 5.25 Å². The molecule has 30 heavy (non-hydrogen) atoms. The molecule has 0 fully saturated rings. The smallest absolute Gasteiger partial charge is 0.302 e. The van der Waals surface area contributed by atoms with Gasteiger partial charge in [0.2, 0.25) is 0 Å². The first kappa shape index (κ1) is 26.9. The van der Waals surface area contributed by atoms with E-state index in [1.165, 1.54) is 29.9 Å². The molecule has 0 radical (unpaired) electrons. The van der Waals surface area contributed by atoms with Crippen molar-refractivity contribution in [1.29, 1.82) is 0 Å². The summed E-state index contributed by atoms with van der Waals surface area (Å²) in [7, 11) is -3.17. The third-order valence-electron chi connectivity index (χ3n) is 6.92. The zero-order chi connectivity index (χ0) is 23.1. The van der Waals surface area contributed by atoms with Crippen molar-refractivity contribution in [2.24, 2.45) is 17.3 Å². The molecule has 0 aliphatic heterocycles. The lowest BCUT2D eigenvalue weighted by Crippen LogP contribution is -2.36. The van der Waals surface area contributed by atoms with Gasteiger partial charge in [-0.2, -0.15) is 0 Å². The van der Waals surface area contributed by atoms with Crippen LogP contribution in [0.1, 0.15) is 93.4 Å². The predicted molar refractivity (Wildman–Crippen MR) is 126 cm³/mol. The van der Waals surface area contributed by atoms with Crippen LogP contribution in [-0.4, -0.2) is 32.5 Å². The monoisotopic (exact) mass is 440 g/mol. The minimum Gasteiger partial charge on any atom is -0.462 e. The van der Waals surface area contributed by atoms with Gasteiger partial charge in [-0.1, -0.05) is 45.3 Å². The van der Waals surface area contributed by atoms with Gasteiger partial charge >= 0.3 is 5.97 Å². The highest BCUT2D eigenvalue weighted by Crippen LogP contribution is 2.45. The summed E-state index contributed by atoms with van der Waals surface area (Å²) >= 11 is 0. The first-order chi connectivity index (χ1) is 13.8. The topological polar surface area (TPSA) is 60.4 Å². The normalized spacial score (nSPS) is 20.6. The van der Waals surface area contributed by atoms with Crippen molar-refractivity contribution >= 4 is 15.8 Å². The molecular weight excluding hydrogens is 396 g/mol. The third-order valence-corrected chi connectivity index (χ3v) is 8.39. The van der Waals surface area contributed by atoms with E-state index in [1.54, 1.807) is 0 Å². The number of ether oxygens (including phenoxy) is 1. The number of hydrogen-bond acceptors (Lipinski definition) is 4. The van der Waals surface area contributed by atoms with Crippen LogP contribution in [0.3, 0.4) is 0 Å². The maximum atomic E-state index is 12.9. The van der Waals surface area contributed by atoms with Crippen LogP contribution in [0, 0.1) is 17.3 Å². The van der Waals surface area contributed by atoms with E-state index in [2.05, 4.69) is 41.5 Å². The molecule has 0 N–H and O–H groups in total. The summed E-state index contributed by atoms with van der Waals surface area (Å²) < 4.78 is 30.7. The Kier molecular flexibility index (Phi) is 10.3. The Morgan fingerprint density at radius 1 is 1.27 bits per heavy atom. The molecule has 3 atom stereocenters. The second-order valence-electron chi connectivity index (χ2n) is 10.0. The van der Waals surface area contributed by atoms with Crippen molar-refractivity contribution in [1.82, 2.24) is 0 Å². The second-order valence-corrected chi connectivity index (χ2v) is 12.3. The molecule has 0 spiro atoms. The molecule has 5 heteroatoms. The van der Waals surface area contributed by atoms with Gasteiger partial charge in [0.25, 0.3) is 0 Å². The molecule has 1 rings (SSSR count). The first-order valence-electron chi connectivity index (χ1n) is 11.5. The number of hydrogen-bond donors (Lipinski definition) is 0. The molecule has 0 aromatic carbocycles. The van der Waals surface area contributed by atoms with Gasteiger partial charge in [0.1, 0.15) is 6.61 Å². The van der Waals surface area contributed by atoms with Crippen LogP contribution in [0.15, 0.2) is 22.8 Å². The lowest BCUT2D eigenvalue weighted by molar-refractivity contribution is -0.139. The fraction of sp³-hybridized carbons (Fsp3) is 0.800. The van der Waals surface area contributed by atoms with Gasteiger partial charge in [-0.15, -0.1) is 0 Å². The number of carbonyl (C=O) groups is 1. The summed E-state index contributed by atoms with van der Waals surface area (Å²) in [4.78, 5) is 10.9. The molecule has 4 nitrogen and oxygen atoms in total. The summed E-state index contributed by atoms with van der Waals surface area (Å²) in [6.07, 6.45) is 10.3. The van der Waals surface area contributed by atoms with Gasteiger partial charge in [0, 0.05) is 13.2 Å². The third kappa shape index (κ3) is 8.20. The van der Waals surface area contributed by atoms with Gasteiger partial charge in [-0.25, -0.2) is 8.42 Å². The summed E-state index contributed by atoms with van der Waals surface area (Å²) in [5, 5.41) is -0.377. The summed E-state index contributed by atoms with van der Waals surface area (Å²) in [5.74, 6) is 0.536. The molecule has 0 aromatic rings. The standard InChI is InChI=1S/C25H44O4S/c1-9-22(13-12-18(2)14-16-29-21(5)26)20(4)17-23(30(8,27)28)24-19(3)11-10-15-25(24,6)7/h14,20,22-23H,9-13,15-17H2,1-8H3/b18-14+. The maximum Gasteiger partial charge on any atom is 0.302 e. The van der Waals surface area contributed by atoms with E-state index >= 15 is 0 Å². The van der Waals surface area contributed by atoms with Crippen LogP contribution in [0.25, 0.3) is 0 Å². The second kappa shape index (κ2) is 11.5. The fourth-order valence-electron chi connectivity index (χ4n) is 5.10. The highest BCUT2D eigenvalue weighted by molar-refractivity contribution is 7.91. The number of carbonyl (C=O) groups excluding carboxylic acids is 1. The summed E-state index contributed by atoms with van der Waals surface area (Å²) in [6, 6.07) is 0. The van der Waals surface area contributed by atoms with Crippen LogP contribution in [0.2, 0.25) is 0 Å². The molecule has 1 aliphatic rings. The van der Waals surface area contributed by atoms with E-state index in [0.717, 1.165) is 38.5 Å². The van der Waals surface area contributed by atoms with E-state index in [9.17, 15) is 13.2 Å². The SMILES string of the molecule is CCC(CC/C(C)=C/COC(C)=O)C(C)CC(C1=C(C)CCCC1(C)C)S(C)(=O)=O. The molecule has 0 aromatic heterocycles. The van der Waals surface area contributed by atoms with Crippen LogP contribution in [0.5, 0.6) is 0 Å². The molecule has 0 saturated heterocycles.